The minimum absolute atomic E-state index is 0.184. The summed E-state index contributed by atoms with van der Waals surface area (Å²) in [7, 11) is 1.77. The third-order valence-corrected chi connectivity index (χ3v) is 4.23. The molecule has 0 bridgehead atoms. The lowest BCUT2D eigenvalue weighted by Crippen LogP contribution is -2.54. The zero-order chi connectivity index (χ0) is 17.2. The highest BCUT2D eigenvalue weighted by atomic mass is 16.3. The lowest BCUT2D eigenvalue weighted by molar-refractivity contribution is 0.0252. The molecule has 1 atom stereocenters. The largest absolute Gasteiger partial charge is 0.386 e. The van der Waals surface area contributed by atoms with Crippen LogP contribution in [-0.4, -0.2) is 56.0 Å². The molecule has 0 spiro atoms. The number of carbonyl (C=O) groups is 1. The molecule has 2 aromatic rings. The van der Waals surface area contributed by atoms with Gasteiger partial charge in [-0.3, -0.25) is 9.48 Å². The van der Waals surface area contributed by atoms with Crippen molar-refractivity contribution in [1.82, 2.24) is 25.1 Å². The number of aryl methyl sites for hydroxylation is 2. The highest BCUT2D eigenvalue weighted by Crippen LogP contribution is 2.23. The van der Waals surface area contributed by atoms with E-state index < -0.39 is 5.60 Å². The molecule has 2 aromatic heterocycles. The minimum atomic E-state index is -0.997. The van der Waals surface area contributed by atoms with Gasteiger partial charge >= 0.3 is 0 Å². The Kier molecular flexibility index (Phi) is 4.48. The van der Waals surface area contributed by atoms with Crippen molar-refractivity contribution in [3.8, 4) is 0 Å². The van der Waals surface area contributed by atoms with E-state index in [0.717, 1.165) is 13.0 Å². The van der Waals surface area contributed by atoms with Gasteiger partial charge in [0.15, 0.2) is 0 Å². The number of amides is 1. The van der Waals surface area contributed by atoms with Crippen molar-refractivity contribution in [2.75, 3.05) is 24.5 Å². The van der Waals surface area contributed by atoms with Crippen LogP contribution in [0.2, 0.25) is 0 Å². The molecule has 0 radical (unpaired) electrons. The first-order chi connectivity index (χ1) is 11.5. The Hall–Kier alpha value is -2.48. The van der Waals surface area contributed by atoms with Crippen LogP contribution in [0.25, 0.3) is 0 Å². The molecule has 0 unspecified atom stereocenters. The Morgan fingerprint density at radius 3 is 2.83 bits per heavy atom. The van der Waals surface area contributed by atoms with Crippen LogP contribution >= 0.6 is 0 Å². The second kappa shape index (κ2) is 6.56. The fraction of sp³-hybridized carbons (Fsp3) is 0.500. The number of piperidine rings is 1. The lowest BCUT2D eigenvalue weighted by atomic mass is 9.93. The number of hydrogen-bond acceptors (Lipinski definition) is 6. The maximum Gasteiger partial charge on any atom is 0.254 e. The molecule has 8 heteroatoms. The van der Waals surface area contributed by atoms with Crippen LogP contribution in [0.15, 0.2) is 24.7 Å². The molecule has 3 rings (SSSR count). The summed E-state index contributed by atoms with van der Waals surface area (Å²) in [5.74, 6) is 0.382. The number of β-amino-alcohol motifs (C(OH)–C–C–N with tert-alkyl or cyclic N) is 1. The molecule has 0 aromatic carbocycles. The van der Waals surface area contributed by atoms with Crippen molar-refractivity contribution >= 4 is 11.9 Å². The van der Waals surface area contributed by atoms with Gasteiger partial charge in [0.2, 0.25) is 5.95 Å². The Labute approximate surface area is 140 Å². The summed E-state index contributed by atoms with van der Waals surface area (Å²) in [4.78, 5) is 22.7. The van der Waals surface area contributed by atoms with Crippen LogP contribution in [0.3, 0.4) is 0 Å². The second-order valence-corrected chi connectivity index (χ2v) is 6.28. The van der Waals surface area contributed by atoms with Crippen LogP contribution in [0.4, 0.5) is 5.95 Å². The Bertz CT molecular complexity index is 717. The number of hydrogen-bond donors (Lipinski definition) is 2. The van der Waals surface area contributed by atoms with Gasteiger partial charge in [-0.25, -0.2) is 9.97 Å². The summed E-state index contributed by atoms with van der Waals surface area (Å²) in [5, 5.41) is 17.8. The van der Waals surface area contributed by atoms with Gasteiger partial charge in [-0.15, -0.1) is 0 Å². The van der Waals surface area contributed by atoms with Crippen molar-refractivity contribution in [2.45, 2.75) is 25.4 Å². The monoisotopic (exact) mass is 330 g/mol. The van der Waals surface area contributed by atoms with Crippen LogP contribution in [0.5, 0.6) is 0 Å². The van der Waals surface area contributed by atoms with E-state index in [9.17, 15) is 9.90 Å². The van der Waals surface area contributed by atoms with Crippen LogP contribution in [-0.2, 0) is 7.05 Å². The highest BCUT2D eigenvalue weighted by molar-refractivity contribution is 5.95. The molecule has 1 fully saturated rings. The summed E-state index contributed by atoms with van der Waals surface area (Å²) in [6.45, 7) is 3.16. The summed E-state index contributed by atoms with van der Waals surface area (Å²) in [5.41, 5.74) is 0.202. The van der Waals surface area contributed by atoms with E-state index in [-0.39, 0.29) is 12.5 Å². The molecule has 3 heterocycles. The van der Waals surface area contributed by atoms with E-state index in [1.165, 1.54) is 0 Å². The molecule has 24 heavy (non-hydrogen) atoms. The minimum Gasteiger partial charge on any atom is -0.386 e. The molecule has 8 nitrogen and oxygen atoms in total. The zero-order valence-corrected chi connectivity index (χ0v) is 13.9. The molecule has 0 saturated carbocycles. The predicted molar refractivity (Wildman–Crippen MR) is 88.7 cm³/mol. The fourth-order valence-electron chi connectivity index (χ4n) is 3.04. The number of rotatable bonds is 4. The number of nitrogens with zero attached hydrogens (tertiary/aromatic N) is 5. The normalized spacial score (nSPS) is 20.9. The lowest BCUT2D eigenvalue weighted by Gasteiger charge is -2.39. The maximum absolute atomic E-state index is 12.3. The van der Waals surface area contributed by atoms with Crippen molar-refractivity contribution in [3.05, 3.63) is 35.9 Å². The predicted octanol–water partition coefficient (Wildman–Crippen LogP) is 0.280. The summed E-state index contributed by atoms with van der Waals surface area (Å²) >= 11 is 0. The molecule has 1 saturated heterocycles. The Balaban J connectivity index is 1.63. The van der Waals surface area contributed by atoms with Gasteiger partial charge in [0.25, 0.3) is 5.91 Å². The molecule has 1 amide bonds. The Morgan fingerprint density at radius 1 is 1.42 bits per heavy atom. The third-order valence-electron chi connectivity index (χ3n) is 4.23. The standard InChI is InChI=1S/C16H22N6O2/c1-12-13(9-21(2)20-12)14(23)19-10-16(24)5-3-8-22(11-16)15-17-6-4-7-18-15/h4,6-7,9,24H,3,5,8,10-11H2,1-2H3,(H,19,23)/t16-/m1/s1. The van der Waals surface area contributed by atoms with Crippen molar-refractivity contribution < 1.29 is 9.90 Å². The van der Waals surface area contributed by atoms with Gasteiger partial charge in [-0.2, -0.15) is 5.10 Å². The molecule has 0 aliphatic carbocycles. The summed E-state index contributed by atoms with van der Waals surface area (Å²) in [6, 6.07) is 1.76. The average molecular weight is 330 g/mol. The third kappa shape index (κ3) is 3.53. The number of aliphatic hydroxyl groups is 1. The van der Waals surface area contributed by atoms with Crippen LogP contribution in [0.1, 0.15) is 28.9 Å². The first kappa shape index (κ1) is 16.4. The van der Waals surface area contributed by atoms with Crippen LogP contribution < -0.4 is 10.2 Å². The van der Waals surface area contributed by atoms with E-state index >= 15 is 0 Å². The molecule has 128 valence electrons. The van der Waals surface area contributed by atoms with Crippen LogP contribution in [0, 0.1) is 6.92 Å². The van der Waals surface area contributed by atoms with Gasteiger partial charge in [0.1, 0.15) is 0 Å². The molecule has 1 aliphatic heterocycles. The first-order valence-corrected chi connectivity index (χ1v) is 8.00. The smallest absolute Gasteiger partial charge is 0.254 e. The molecular weight excluding hydrogens is 308 g/mol. The van der Waals surface area contributed by atoms with Crippen molar-refractivity contribution in [1.29, 1.82) is 0 Å². The van der Waals surface area contributed by atoms with E-state index in [2.05, 4.69) is 20.4 Å². The molecule has 2 N–H and O–H groups in total. The van der Waals surface area contributed by atoms with Gasteiger partial charge in [0, 0.05) is 38.7 Å². The van der Waals surface area contributed by atoms with E-state index in [0.29, 0.717) is 30.2 Å². The SMILES string of the molecule is Cc1nn(C)cc1C(=O)NC[C@]1(O)CCCN(c2ncccn2)C1. The van der Waals surface area contributed by atoms with E-state index in [4.69, 9.17) is 0 Å². The van der Waals surface area contributed by atoms with Gasteiger partial charge in [-0.05, 0) is 25.8 Å². The first-order valence-electron chi connectivity index (χ1n) is 8.00. The highest BCUT2D eigenvalue weighted by Gasteiger charge is 2.34. The quantitative estimate of drug-likeness (QED) is 0.836. The number of nitrogens with one attached hydrogen (secondary N) is 1. The van der Waals surface area contributed by atoms with Crippen molar-refractivity contribution in [3.63, 3.8) is 0 Å². The van der Waals surface area contributed by atoms with E-state index in [1.54, 1.807) is 43.3 Å². The van der Waals surface area contributed by atoms with Gasteiger partial charge < -0.3 is 15.3 Å². The zero-order valence-electron chi connectivity index (χ0n) is 13.9. The van der Waals surface area contributed by atoms with Gasteiger partial charge in [-0.1, -0.05) is 0 Å². The van der Waals surface area contributed by atoms with Gasteiger partial charge in [0.05, 0.1) is 23.4 Å². The number of anilines is 1. The number of aromatic nitrogens is 4. The average Bonchev–Trinajstić information content (AvgIpc) is 2.92. The van der Waals surface area contributed by atoms with Crippen molar-refractivity contribution in [2.24, 2.45) is 7.05 Å². The van der Waals surface area contributed by atoms with E-state index in [1.807, 2.05) is 4.90 Å². The Morgan fingerprint density at radius 2 is 2.17 bits per heavy atom. The summed E-state index contributed by atoms with van der Waals surface area (Å²) in [6.07, 6.45) is 6.49. The number of carbonyl (C=O) groups excluding carboxylic acids is 1. The fourth-order valence-corrected chi connectivity index (χ4v) is 3.04. The second-order valence-electron chi connectivity index (χ2n) is 6.28. The summed E-state index contributed by atoms with van der Waals surface area (Å²) < 4.78 is 1.61. The molecule has 1 aliphatic rings. The molecular formula is C16H22N6O2. The topological polar surface area (TPSA) is 96.2 Å². The maximum atomic E-state index is 12.3.